The number of nitrogens with one attached hydrogen (secondary N) is 3. The zero-order valence-electron chi connectivity index (χ0n) is 19.8. The van der Waals surface area contributed by atoms with Crippen LogP contribution < -0.4 is 20.7 Å². The van der Waals surface area contributed by atoms with Crippen LogP contribution in [-0.4, -0.2) is 53.9 Å². The second-order valence-corrected chi connectivity index (χ2v) is 12.2. The van der Waals surface area contributed by atoms with Crippen molar-refractivity contribution in [1.29, 1.82) is 0 Å². The third-order valence-electron chi connectivity index (χ3n) is 6.12. The van der Waals surface area contributed by atoms with E-state index in [1.807, 2.05) is 36.5 Å². The fourth-order valence-electron chi connectivity index (χ4n) is 4.38. The number of H-pyrrole nitrogens is 1. The quantitative estimate of drug-likeness (QED) is 0.348. The van der Waals surface area contributed by atoms with E-state index in [-0.39, 0.29) is 0 Å². The zero-order valence-corrected chi connectivity index (χ0v) is 20.7. The third-order valence-corrected chi connectivity index (χ3v) is 7.67. The van der Waals surface area contributed by atoms with E-state index in [4.69, 9.17) is 9.72 Å². The number of rotatable bonds is 6. The molecule has 0 radical (unpaired) electrons. The third kappa shape index (κ3) is 4.39. The molecule has 1 aliphatic heterocycles. The predicted octanol–water partition coefficient (Wildman–Crippen LogP) is 4.69. The van der Waals surface area contributed by atoms with Gasteiger partial charge in [-0.15, -0.1) is 0 Å². The number of aromatic amines is 1. The number of methoxy groups -OCH3 is 1. The lowest BCUT2D eigenvalue weighted by Gasteiger charge is -2.26. The van der Waals surface area contributed by atoms with Gasteiger partial charge in [-0.3, -0.25) is 0 Å². The van der Waals surface area contributed by atoms with Gasteiger partial charge in [-0.05, 0) is 68.3 Å². The van der Waals surface area contributed by atoms with Crippen LogP contribution in [-0.2, 0) is 17.5 Å². The number of hydrogen-bond acceptors (Lipinski definition) is 7. The van der Waals surface area contributed by atoms with Gasteiger partial charge in [0.15, 0.2) is 0 Å². The number of para-hydroxylation sites is 1. The molecule has 0 saturated carbocycles. The molecule has 0 fully saturated rings. The first-order valence-corrected chi connectivity index (χ1v) is 13.8. The molecule has 3 heterocycles. The van der Waals surface area contributed by atoms with Crippen LogP contribution in [0.3, 0.4) is 0 Å². The van der Waals surface area contributed by atoms with E-state index in [2.05, 4.69) is 44.7 Å². The van der Waals surface area contributed by atoms with Gasteiger partial charge in [0.25, 0.3) is 0 Å². The lowest BCUT2D eigenvalue weighted by atomic mass is 9.99. The summed E-state index contributed by atoms with van der Waals surface area (Å²) in [5.74, 6) is 1.83. The molecule has 2 aromatic carbocycles. The van der Waals surface area contributed by atoms with Crippen molar-refractivity contribution >= 4 is 46.6 Å². The Kier molecular flexibility index (Phi) is 5.80. The van der Waals surface area contributed by atoms with E-state index >= 15 is 0 Å². The summed E-state index contributed by atoms with van der Waals surface area (Å²) in [5.41, 5.74) is 4.87. The van der Waals surface area contributed by atoms with Crippen molar-refractivity contribution in [1.82, 2.24) is 19.9 Å². The summed E-state index contributed by atoms with van der Waals surface area (Å²) in [6, 6.07) is 13.8. The number of anilines is 4. The summed E-state index contributed by atoms with van der Waals surface area (Å²) in [6.45, 7) is 5.47. The molecule has 176 valence electrons. The summed E-state index contributed by atoms with van der Waals surface area (Å²) in [5, 5.41) is 8.39. The molecular formula is C25H29N6O2P. The molecule has 9 heteroatoms. The number of aromatic nitrogens is 3. The average molecular weight is 477 g/mol. The van der Waals surface area contributed by atoms with Crippen molar-refractivity contribution in [2.75, 3.05) is 44.7 Å². The maximum absolute atomic E-state index is 12.9. The van der Waals surface area contributed by atoms with Crippen molar-refractivity contribution in [2.45, 2.75) is 13.0 Å². The van der Waals surface area contributed by atoms with Gasteiger partial charge < -0.3 is 29.8 Å². The lowest BCUT2D eigenvalue weighted by molar-refractivity contribution is 0.312. The molecule has 5 rings (SSSR count). The molecule has 0 bridgehead atoms. The number of fused-ring (bicyclic) bond motifs is 2. The minimum atomic E-state index is -2.48. The molecule has 34 heavy (non-hydrogen) atoms. The summed E-state index contributed by atoms with van der Waals surface area (Å²) in [4.78, 5) is 14.9. The van der Waals surface area contributed by atoms with E-state index in [1.165, 1.54) is 11.1 Å². The van der Waals surface area contributed by atoms with Crippen LogP contribution in [0.5, 0.6) is 5.75 Å². The van der Waals surface area contributed by atoms with Crippen LogP contribution in [0.1, 0.15) is 11.1 Å². The largest absolute Gasteiger partial charge is 0.495 e. The van der Waals surface area contributed by atoms with Gasteiger partial charge in [0.05, 0.1) is 23.9 Å². The van der Waals surface area contributed by atoms with Gasteiger partial charge in [-0.25, -0.2) is 0 Å². The zero-order chi connectivity index (χ0) is 23.9. The van der Waals surface area contributed by atoms with Crippen molar-refractivity contribution in [3.63, 3.8) is 0 Å². The molecule has 0 unspecified atom stereocenters. The molecule has 0 spiro atoms. The van der Waals surface area contributed by atoms with Crippen molar-refractivity contribution in [3.8, 4) is 5.75 Å². The van der Waals surface area contributed by atoms with Crippen molar-refractivity contribution in [3.05, 3.63) is 59.8 Å². The van der Waals surface area contributed by atoms with E-state index < -0.39 is 7.14 Å². The van der Waals surface area contributed by atoms with Crippen molar-refractivity contribution in [2.24, 2.45) is 0 Å². The van der Waals surface area contributed by atoms with Crippen LogP contribution in [0.15, 0.2) is 48.7 Å². The highest BCUT2D eigenvalue weighted by atomic mass is 31.2. The van der Waals surface area contributed by atoms with Crippen molar-refractivity contribution < 1.29 is 9.30 Å². The molecule has 3 N–H and O–H groups in total. The van der Waals surface area contributed by atoms with E-state index in [0.717, 1.165) is 47.3 Å². The first kappa shape index (κ1) is 22.4. The van der Waals surface area contributed by atoms with Gasteiger partial charge in [-0.1, -0.05) is 12.1 Å². The van der Waals surface area contributed by atoms with Gasteiger partial charge in [0.1, 0.15) is 24.4 Å². The Hall–Kier alpha value is -3.35. The highest BCUT2D eigenvalue weighted by Crippen LogP contribution is 2.39. The minimum absolute atomic E-state index is 0.438. The number of likely N-dealkylation sites (N-methyl/N-ethyl adjacent to an activating group) is 1. The van der Waals surface area contributed by atoms with Gasteiger partial charge in [0.2, 0.25) is 5.95 Å². The Bertz CT molecular complexity index is 1410. The molecule has 4 aromatic rings. The SMILES string of the molecule is COc1cc2c(cc1Nc1nc(Nc3ccccc3P(C)(C)=O)c3cc[nH]c3n1)CN(C)CC2. The fourth-order valence-corrected chi connectivity index (χ4v) is 5.54. The molecule has 0 aliphatic carbocycles. The van der Waals surface area contributed by atoms with Crippen LogP contribution in [0.25, 0.3) is 11.0 Å². The number of hydrogen-bond donors (Lipinski definition) is 3. The van der Waals surface area contributed by atoms with Gasteiger partial charge in [-0.2, -0.15) is 9.97 Å². The minimum Gasteiger partial charge on any atom is -0.495 e. The van der Waals surface area contributed by atoms with E-state index in [0.29, 0.717) is 17.4 Å². The molecule has 0 amide bonds. The van der Waals surface area contributed by atoms with Gasteiger partial charge in [0, 0.05) is 24.6 Å². The van der Waals surface area contributed by atoms with Crippen LogP contribution in [0.2, 0.25) is 0 Å². The topological polar surface area (TPSA) is 95.2 Å². The Morgan fingerprint density at radius 2 is 1.88 bits per heavy atom. The maximum atomic E-state index is 12.9. The van der Waals surface area contributed by atoms with Crippen LogP contribution in [0.4, 0.5) is 23.1 Å². The average Bonchev–Trinajstić information content (AvgIpc) is 3.27. The fraction of sp³-hybridized carbons (Fsp3) is 0.280. The number of ether oxygens (including phenoxy) is 1. The van der Waals surface area contributed by atoms with E-state index in [9.17, 15) is 4.57 Å². The predicted molar refractivity (Wildman–Crippen MR) is 139 cm³/mol. The Morgan fingerprint density at radius 1 is 1.06 bits per heavy atom. The standard InChI is InChI=1S/C25H29N6O2P/c1-31-12-10-16-14-21(33-2)20(13-17(16)15-31)28-25-29-23-18(9-11-26-23)24(30-25)27-19-7-5-6-8-22(19)34(3,4)32/h5-9,11,13-14H,10,12,15H2,1-4H3,(H3,26,27,28,29,30). The second-order valence-electron chi connectivity index (χ2n) is 9.06. The second kappa shape index (κ2) is 8.78. The normalized spacial score (nSPS) is 14.1. The summed E-state index contributed by atoms with van der Waals surface area (Å²) in [6.07, 6.45) is 2.83. The molecule has 2 aromatic heterocycles. The monoisotopic (exact) mass is 476 g/mol. The Morgan fingerprint density at radius 3 is 2.68 bits per heavy atom. The number of benzene rings is 2. The maximum Gasteiger partial charge on any atom is 0.231 e. The summed E-state index contributed by atoms with van der Waals surface area (Å²) >= 11 is 0. The molecule has 1 aliphatic rings. The summed E-state index contributed by atoms with van der Waals surface area (Å²) in [7, 11) is 1.32. The number of nitrogens with zero attached hydrogens (tertiary/aromatic N) is 3. The summed E-state index contributed by atoms with van der Waals surface area (Å²) < 4.78 is 18.5. The molecule has 0 atom stereocenters. The van der Waals surface area contributed by atoms with E-state index in [1.54, 1.807) is 20.4 Å². The highest BCUT2D eigenvalue weighted by Gasteiger charge is 2.20. The first-order valence-electron chi connectivity index (χ1n) is 11.2. The van der Waals surface area contributed by atoms with Crippen LogP contribution >= 0.6 is 7.14 Å². The lowest BCUT2D eigenvalue weighted by Crippen LogP contribution is -2.26. The smallest absolute Gasteiger partial charge is 0.231 e. The van der Waals surface area contributed by atoms with Crippen LogP contribution in [0, 0.1) is 0 Å². The molecular weight excluding hydrogens is 447 g/mol. The first-order chi connectivity index (χ1) is 16.3. The Balaban J connectivity index is 1.54. The molecule has 0 saturated heterocycles. The van der Waals surface area contributed by atoms with Gasteiger partial charge >= 0.3 is 0 Å². The Labute approximate surface area is 199 Å². The highest BCUT2D eigenvalue weighted by molar-refractivity contribution is 7.70. The molecule has 8 nitrogen and oxygen atoms in total.